The normalized spacial score (nSPS) is 28.2. The molecule has 0 bridgehead atoms. The van der Waals surface area contributed by atoms with Crippen LogP contribution in [0.25, 0.3) is 0 Å². The molecule has 1 aromatic carbocycles. The molecule has 0 aliphatic carbocycles. The molecule has 2 fully saturated rings. The molecule has 3 rings (SSSR count). The maximum Gasteiger partial charge on any atom is 0.183 e. The van der Waals surface area contributed by atoms with E-state index in [0.29, 0.717) is 5.92 Å². The molecule has 0 spiro atoms. The predicted molar refractivity (Wildman–Crippen MR) is 99.2 cm³/mol. The van der Waals surface area contributed by atoms with Crippen molar-refractivity contribution in [1.82, 2.24) is 4.90 Å². The van der Waals surface area contributed by atoms with Crippen LogP contribution in [0.4, 0.5) is 0 Å². The Hall–Kier alpha value is -0.920. The Morgan fingerprint density at radius 2 is 1.68 bits per heavy atom. The number of sulfone groups is 2. The molecule has 7 heteroatoms. The molecule has 0 amide bonds. The van der Waals surface area contributed by atoms with E-state index < -0.39 is 31.0 Å². The zero-order valence-corrected chi connectivity index (χ0v) is 16.5. The van der Waals surface area contributed by atoms with Crippen molar-refractivity contribution in [2.75, 3.05) is 24.6 Å². The Balaban J connectivity index is 1.91. The average molecular weight is 386 g/mol. The number of nitrogens with zero attached hydrogens (tertiary/aromatic N) is 1. The molecule has 0 saturated carbocycles. The number of hydrogen-bond acceptors (Lipinski definition) is 5. The van der Waals surface area contributed by atoms with Crippen molar-refractivity contribution in [3.05, 3.63) is 29.8 Å². The minimum Gasteiger partial charge on any atom is -0.298 e. The number of hydrogen-bond donors (Lipinski definition) is 0. The van der Waals surface area contributed by atoms with Gasteiger partial charge in [0, 0.05) is 6.04 Å². The first-order valence-electron chi connectivity index (χ1n) is 9.00. The van der Waals surface area contributed by atoms with Crippen LogP contribution in [-0.4, -0.2) is 57.6 Å². The molecular weight excluding hydrogens is 358 g/mol. The maximum atomic E-state index is 13.1. The van der Waals surface area contributed by atoms with Crippen LogP contribution in [0.5, 0.6) is 0 Å². The van der Waals surface area contributed by atoms with Gasteiger partial charge in [0.05, 0.1) is 21.7 Å². The minimum absolute atomic E-state index is 0.0433. The van der Waals surface area contributed by atoms with Crippen LogP contribution in [0, 0.1) is 5.92 Å². The first kappa shape index (κ1) is 18.9. The second-order valence-corrected chi connectivity index (χ2v) is 11.8. The van der Waals surface area contributed by atoms with Crippen LogP contribution in [0.3, 0.4) is 0 Å². The van der Waals surface area contributed by atoms with Gasteiger partial charge < -0.3 is 0 Å². The highest BCUT2D eigenvalue weighted by Gasteiger charge is 2.48. The zero-order chi connectivity index (χ0) is 18.2. The Morgan fingerprint density at radius 3 is 2.24 bits per heavy atom. The topological polar surface area (TPSA) is 71.5 Å². The molecule has 2 aliphatic rings. The van der Waals surface area contributed by atoms with E-state index in [1.165, 1.54) is 0 Å². The molecule has 5 nitrogen and oxygen atoms in total. The minimum atomic E-state index is -3.67. The SMILES string of the molecule is CCc1ccc(S(=O)(=O)[C@H]2CS(=O)(=O)C[C@@H]2N2CCC(C)CC2)cc1. The second kappa shape index (κ2) is 7.00. The molecular formula is C18H27NO4S2. The monoisotopic (exact) mass is 385 g/mol. The van der Waals surface area contributed by atoms with E-state index in [0.717, 1.165) is 37.9 Å². The fourth-order valence-corrected chi connectivity index (χ4v) is 8.71. The number of benzene rings is 1. The number of aryl methyl sites for hydroxylation is 1. The van der Waals surface area contributed by atoms with Gasteiger partial charge in [-0.15, -0.1) is 0 Å². The van der Waals surface area contributed by atoms with Gasteiger partial charge in [-0.1, -0.05) is 26.0 Å². The lowest BCUT2D eigenvalue weighted by molar-refractivity contribution is 0.151. The zero-order valence-electron chi connectivity index (χ0n) is 14.9. The first-order chi connectivity index (χ1) is 11.7. The Bertz CT molecular complexity index is 807. The highest BCUT2D eigenvalue weighted by atomic mass is 32.2. The molecule has 2 aliphatic heterocycles. The molecule has 0 N–H and O–H groups in total. The summed E-state index contributed by atoms with van der Waals surface area (Å²) in [6.07, 6.45) is 2.83. The van der Waals surface area contributed by atoms with E-state index in [1.54, 1.807) is 12.1 Å². The van der Waals surface area contributed by atoms with Gasteiger partial charge in [-0.2, -0.15) is 0 Å². The van der Waals surface area contributed by atoms with Crippen LogP contribution < -0.4 is 0 Å². The lowest BCUT2D eigenvalue weighted by Gasteiger charge is -2.36. The van der Waals surface area contributed by atoms with Gasteiger partial charge in [-0.3, -0.25) is 4.90 Å². The number of likely N-dealkylation sites (tertiary alicyclic amines) is 1. The third-order valence-electron chi connectivity index (χ3n) is 5.62. The van der Waals surface area contributed by atoms with Crippen molar-refractivity contribution < 1.29 is 16.8 Å². The summed E-state index contributed by atoms with van der Waals surface area (Å²) in [6.45, 7) is 5.76. The van der Waals surface area contributed by atoms with E-state index in [1.807, 2.05) is 19.1 Å². The van der Waals surface area contributed by atoms with Crippen LogP contribution >= 0.6 is 0 Å². The number of piperidine rings is 1. The molecule has 1 aromatic rings. The summed E-state index contributed by atoms with van der Waals surface area (Å²) in [5, 5.41) is -0.863. The Kier molecular flexibility index (Phi) is 5.28. The molecule has 0 unspecified atom stereocenters. The molecule has 25 heavy (non-hydrogen) atoms. The highest BCUT2D eigenvalue weighted by molar-refractivity contribution is 7.96. The smallest absolute Gasteiger partial charge is 0.183 e. The van der Waals surface area contributed by atoms with Crippen LogP contribution in [0.2, 0.25) is 0 Å². The van der Waals surface area contributed by atoms with Gasteiger partial charge in [0.25, 0.3) is 0 Å². The fraction of sp³-hybridized carbons (Fsp3) is 0.667. The van der Waals surface area contributed by atoms with Gasteiger partial charge in [0.2, 0.25) is 0 Å². The average Bonchev–Trinajstić information content (AvgIpc) is 2.92. The number of rotatable bonds is 4. The molecule has 2 atom stereocenters. The van der Waals surface area contributed by atoms with E-state index in [-0.39, 0.29) is 16.4 Å². The standard InChI is InChI=1S/C18H27NO4S2/c1-3-15-4-6-16(7-5-15)25(22,23)18-13-24(20,21)12-17(18)19-10-8-14(2)9-11-19/h4-7,14,17-18H,3,8-13H2,1-2H3/t17-,18-/m0/s1. The van der Waals surface area contributed by atoms with E-state index >= 15 is 0 Å². The van der Waals surface area contributed by atoms with Crippen LogP contribution in [0.1, 0.15) is 32.3 Å². The Labute approximate surface area is 151 Å². The van der Waals surface area contributed by atoms with Crippen LogP contribution in [-0.2, 0) is 26.1 Å². The molecule has 2 saturated heterocycles. The van der Waals surface area contributed by atoms with Gasteiger partial charge in [-0.25, -0.2) is 16.8 Å². The molecule has 140 valence electrons. The fourth-order valence-electron chi connectivity index (χ4n) is 3.88. The van der Waals surface area contributed by atoms with Gasteiger partial charge in [-0.05, 0) is 56.0 Å². The summed E-state index contributed by atoms with van der Waals surface area (Å²) in [4.78, 5) is 2.33. The summed E-state index contributed by atoms with van der Waals surface area (Å²) in [6, 6.07) is 6.44. The lowest BCUT2D eigenvalue weighted by Crippen LogP contribution is -2.49. The van der Waals surface area contributed by atoms with Gasteiger partial charge in [0.1, 0.15) is 0 Å². The summed E-state index contributed by atoms with van der Waals surface area (Å²) >= 11 is 0. The van der Waals surface area contributed by atoms with Crippen molar-refractivity contribution in [1.29, 1.82) is 0 Å². The van der Waals surface area contributed by atoms with E-state index in [2.05, 4.69) is 11.8 Å². The van der Waals surface area contributed by atoms with Gasteiger partial charge >= 0.3 is 0 Å². The lowest BCUT2D eigenvalue weighted by atomic mass is 9.98. The van der Waals surface area contributed by atoms with Crippen molar-refractivity contribution in [3.63, 3.8) is 0 Å². The molecule has 0 aromatic heterocycles. The molecule has 0 radical (unpaired) electrons. The van der Waals surface area contributed by atoms with E-state index in [9.17, 15) is 16.8 Å². The van der Waals surface area contributed by atoms with Crippen molar-refractivity contribution in [2.24, 2.45) is 5.92 Å². The third kappa shape index (κ3) is 3.93. The van der Waals surface area contributed by atoms with Crippen LogP contribution in [0.15, 0.2) is 29.2 Å². The predicted octanol–water partition coefficient (Wildman–Crippen LogP) is 1.92. The summed E-state index contributed by atoms with van der Waals surface area (Å²) in [5.41, 5.74) is 1.07. The highest BCUT2D eigenvalue weighted by Crippen LogP contribution is 2.31. The van der Waals surface area contributed by atoms with Gasteiger partial charge in [0.15, 0.2) is 19.7 Å². The van der Waals surface area contributed by atoms with Crippen molar-refractivity contribution in [3.8, 4) is 0 Å². The first-order valence-corrected chi connectivity index (χ1v) is 12.4. The summed E-state index contributed by atoms with van der Waals surface area (Å²) in [5.74, 6) is 0.311. The largest absolute Gasteiger partial charge is 0.298 e. The second-order valence-electron chi connectivity index (χ2n) is 7.44. The molecule has 2 heterocycles. The van der Waals surface area contributed by atoms with E-state index in [4.69, 9.17) is 0 Å². The quantitative estimate of drug-likeness (QED) is 0.792. The Morgan fingerprint density at radius 1 is 1.08 bits per heavy atom. The third-order valence-corrected chi connectivity index (χ3v) is 9.75. The summed E-state index contributed by atoms with van der Waals surface area (Å²) < 4.78 is 50.8. The maximum absolute atomic E-state index is 13.1. The van der Waals surface area contributed by atoms with Crippen molar-refractivity contribution >= 4 is 19.7 Å². The van der Waals surface area contributed by atoms with Crippen molar-refractivity contribution in [2.45, 2.75) is 49.3 Å². The summed E-state index contributed by atoms with van der Waals surface area (Å²) in [7, 11) is -7.00.